The third kappa shape index (κ3) is 4.39. The SMILES string of the molecule is C[NH+](C)C[C@@H](NC(=O)c1nn(-c2ccccc2)c(=O)c2ccccc12)c1ccccc1. The molecular formula is C25H25N4O2+. The number of hydrogen-bond donors (Lipinski definition) is 2. The van der Waals surface area contributed by atoms with Gasteiger partial charge in [-0.05, 0) is 23.8 Å². The van der Waals surface area contributed by atoms with Crippen LogP contribution in [0.1, 0.15) is 22.1 Å². The molecule has 1 heterocycles. The Morgan fingerprint density at radius 1 is 0.903 bits per heavy atom. The van der Waals surface area contributed by atoms with Crippen molar-refractivity contribution in [2.75, 3.05) is 20.6 Å². The number of hydrogen-bond acceptors (Lipinski definition) is 3. The van der Waals surface area contributed by atoms with Crippen LogP contribution in [0.2, 0.25) is 0 Å². The molecule has 0 radical (unpaired) electrons. The Morgan fingerprint density at radius 2 is 1.48 bits per heavy atom. The van der Waals surface area contributed by atoms with Crippen molar-refractivity contribution in [3.05, 3.63) is 107 Å². The van der Waals surface area contributed by atoms with Crippen LogP contribution in [0, 0.1) is 0 Å². The van der Waals surface area contributed by atoms with Crippen molar-refractivity contribution < 1.29 is 9.69 Å². The molecule has 1 aromatic heterocycles. The number of quaternary nitrogens is 1. The number of para-hydroxylation sites is 1. The zero-order valence-corrected chi connectivity index (χ0v) is 17.6. The van der Waals surface area contributed by atoms with Gasteiger partial charge >= 0.3 is 0 Å². The smallest absolute Gasteiger partial charge is 0.279 e. The minimum absolute atomic E-state index is 0.184. The predicted octanol–water partition coefficient (Wildman–Crippen LogP) is 2.00. The Hall–Kier alpha value is -3.77. The molecule has 0 fully saturated rings. The fourth-order valence-electron chi connectivity index (χ4n) is 3.67. The molecule has 0 aliphatic carbocycles. The van der Waals surface area contributed by atoms with Gasteiger partial charge < -0.3 is 10.2 Å². The number of carbonyl (C=O) groups excluding carboxylic acids is 1. The van der Waals surface area contributed by atoms with E-state index in [0.717, 1.165) is 5.56 Å². The molecule has 0 aliphatic heterocycles. The standard InChI is InChI=1S/C25H24N4O2/c1-28(2)17-22(18-11-5-3-6-12-18)26-24(30)23-20-15-9-10-16-21(20)25(31)29(27-23)19-13-7-4-8-14-19/h3-16,22H,17H2,1-2H3,(H,26,30)/p+1/t22-/m1/s1. The van der Waals surface area contributed by atoms with Crippen LogP contribution >= 0.6 is 0 Å². The zero-order chi connectivity index (χ0) is 21.8. The normalized spacial score (nSPS) is 12.1. The van der Waals surface area contributed by atoms with Crippen LogP contribution in [0.15, 0.2) is 89.7 Å². The number of amides is 1. The van der Waals surface area contributed by atoms with Crippen molar-refractivity contribution >= 4 is 16.7 Å². The summed E-state index contributed by atoms with van der Waals surface area (Å²) < 4.78 is 1.30. The minimum atomic E-state index is -0.309. The van der Waals surface area contributed by atoms with Gasteiger partial charge in [-0.1, -0.05) is 66.7 Å². The highest BCUT2D eigenvalue weighted by Crippen LogP contribution is 2.17. The third-order valence-electron chi connectivity index (χ3n) is 5.14. The molecule has 0 spiro atoms. The maximum Gasteiger partial charge on any atom is 0.279 e. The fourth-order valence-corrected chi connectivity index (χ4v) is 3.67. The maximum atomic E-state index is 13.4. The first kappa shape index (κ1) is 20.5. The van der Waals surface area contributed by atoms with Gasteiger partial charge in [-0.25, -0.2) is 0 Å². The second-order valence-corrected chi connectivity index (χ2v) is 7.79. The summed E-state index contributed by atoms with van der Waals surface area (Å²) in [6.45, 7) is 0.714. The molecule has 3 aromatic carbocycles. The van der Waals surface area contributed by atoms with Gasteiger partial charge in [0.05, 0.1) is 25.2 Å². The Bertz CT molecular complexity index is 1250. The second-order valence-electron chi connectivity index (χ2n) is 7.79. The van der Waals surface area contributed by atoms with E-state index in [1.54, 1.807) is 30.3 Å². The largest absolute Gasteiger partial charge is 0.338 e. The Morgan fingerprint density at radius 3 is 2.13 bits per heavy atom. The molecule has 0 saturated heterocycles. The van der Waals surface area contributed by atoms with Crippen molar-refractivity contribution in [1.29, 1.82) is 0 Å². The van der Waals surface area contributed by atoms with Crippen LogP contribution < -0.4 is 15.8 Å². The van der Waals surface area contributed by atoms with E-state index < -0.39 is 0 Å². The number of rotatable bonds is 6. The Labute approximate surface area is 180 Å². The number of nitrogens with one attached hydrogen (secondary N) is 2. The fraction of sp³-hybridized carbons (Fsp3) is 0.160. The molecule has 4 aromatic rings. The number of nitrogens with zero attached hydrogens (tertiary/aromatic N) is 2. The molecule has 2 N–H and O–H groups in total. The van der Waals surface area contributed by atoms with E-state index in [9.17, 15) is 9.59 Å². The lowest BCUT2D eigenvalue weighted by atomic mass is 10.1. The Balaban J connectivity index is 1.80. The Kier molecular flexibility index (Phi) is 5.91. The molecule has 6 heteroatoms. The highest BCUT2D eigenvalue weighted by molar-refractivity contribution is 6.05. The number of carbonyl (C=O) groups is 1. The summed E-state index contributed by atoms with van der Waals surface area (Å²) in [5, 5.41) is 8.62. The van der Waals surface area contributed by atoms with Crippen LogP contribution in [0.4, 0.5) is 0 Å². The van der Waals surface area contributed by atoms with Gasteiger partial charge in [-0.15, -0.1) is 0 Å². The second kappa shape index (κ2) is 8.93. The van der Waals surface area contributed by atoms with Gasteiger partial charge in [0.1, 0.15) is 12.6 Å². The topological polar surface area (TPSA) is 68.4 Å². The van der Waals surface area contributed by atoms with Crippen LogP contribution in [0.25, 0.3) is 16.5 Å². The molecular weight excluding hydrogens is 388 g/mol. The summed E-state index contributed by atoms with van der Waals surface area (Å²) in [4.78, 5) is 27.7. The van der Waals surface area contributed by atoms with Crippen LogP contribution in [0.3, 0.4) is 0 Å². The summed E-state index contributed by atoms with van der Waals surface area (Å²) >= 11 is 0. The van der Waals surface area contributed by atoms with E-state index in [-0.39, 0.29) is 23.2 Å². The zero-order valence-electron chi connectivity index (χ0n) is 17.6. The summed E-state index contributed by atoms with van der Waals surface area (Å²) in [6, 6.07) is 25.9. The molecule has 6 nitrogen and oxygen atoms in total. The third-order valence-corrected chi connectivity index (χ3v) is 5.14. The summed E-state index contributed by atoms with van der Waals surface area (Å²) in [7, 11) is 4.09. The van der Waals surface area contributed by atoms with E-state index in [1.165, 1.54) is 9.58 Å². The van der Waals surface area contributed by atoms with Crippen LogP contribution in [-0.2, 0) is 0 Å². The van der Waals surface area contributed by atoms with E-state index in [0.29, 0.717) is 23.0 Å². The molecule has 4 rings (SSSR count). The average Bonchev–Trinajstić information content (AvgIpc) is 2.80. The molecule has 0 aliphatic rings. The highest BCUT2D eigenvalue weighted by Gasteiger charge is 2.22. The van der Waals surface area contributed by atoms with Crippen molar-refractivity contribution in [3.63, 3.8) is 0 Å². The van der Waals surface area contributed by atoms with E-state index >= 15 is 0 Å². The van der Waals surface area contributed by atoms with Gasteiger partial charge in [0, 0.05) is 5.39 Å². The highest BCUT2D eigenvalue weighted by atomic mass is 16.2. The number of fused-ring (bicyclic) bond motifs is 1. The van der Waals surface area contributed by atoms with Gasteiger partial charge in [-0.2, -0.15) is 9.78 Å². The molecule has 31 heavy (non-hydrogen) atoms. The lowest BCUT2D eigenvalue weighted by Crippen LogP contribution is -3.06. The molecule has 156 valence electrons. The van der Waals surface area contributed by atoms with Crippen molar-refractivity contribution in [1.82, 2.24) is 15.1 Å². The first-order valence-electron chi connectivity index (χ1n) is 10.3. The van der Waals surface area contributed by atoms with E-state index in [2.05, 4.69) is 10.4 Å². The molecule has 1 atom stereocenters. The summed E-state index contributed by atoms with van der Waals surface area (Å²) in [6.07, 6.45) is 0. The lowest BCUT2D eigenvalue weighted by Gasteiger charge is -2.21. The first-order chi connectivity index (χ1) is 15.0. The van der Waals surface area contributed by atoms with Gasteiger partial charge in [-0.3, -0.25) is 9.59 Å². The maximum absolute atomic E-state index is 13.4. The predicted molar refractivity (Wildman–Crippen MR) is 122 cm³/mol. The minimum Gasteiger partial charge on any atom is -0.338 e. The number of aromatic nitrogens is 2. The van der Waals surface area contributed by atoms with Crippen molar-refractivity contribution in [3.8, 4) is 5.69 Å². The molecule has 0 saturated carbocycles. The van der Waals surface area contributed by atoms with Gasteiger partial charge in [0.25, 0.3) is 11.5 Å². The number of likely N-dealkylation sites (N-methyl/N-ethyl adjacent to an activating group) is 1. The lowest BCUT2D eigenvalue weighted by molar-refractivity contribution is -0.860. The van der Waals surface area contributed by atoms with Crippen molar-refractivity contribution in [2.45, 2.75) is 6.04 Å². The van der Waals surface area contributed by atoms with Crippen LogP contribution in [0.5, 0.6) is 0 Å². The molecule has 0 unspecified atom stereocenters. The van der Waals surface area contributed by atoms with Crippen LogP contribution in [-0.4, -0.2) is 36.3 Å². The summed E-state index contributed by atoms with van der Waals surface area (Å²) in [5.41, 5.74) is 1.62. The summed E-state index contributed by atoms with van der Waals surface area (Å²) in [5.74, 6) is -0.309. The molecule has 0 bridgehead atoms. The van der Waals surface area contributed by atoms with Gasteiger partial charge in [0.2, 0.25) is 0 Å². The number of benzene rings is 3. The quantitative estimate of drug-likeness (QED) is 0.508. The average molecular weight is 414 g/mol. The van der Waals surface area contributed by atoms with Crippen molar-refractivity contribution in [2.24, 2.45) is 0 Å². The van der Waals surface area contributed by atoms with E-state index in [1.807, 2.05) is 68.7 Å². The van der Waals surface area contributed by atoms with E-state index in [4.69, 9.17) is 0 Å². The van der Waals surface area contributed by atoms with Gasteiger partial charge in [0.15, 0.2) is 5.69 Å². The monoisotopic (exact) mass is 413 g/mol. The molecule has 1 amide bonds. The first-order valence-corrected chi connectivity index (χ1v) is 10.3.